The van der Waals surface area contributed by atoms with Gasteiger partial charge in [0.2, 0.25) is 18.6 Å². The third-order valence-electron chi connectivity index (χ3n) is 5.64. The average Bonchev–Trinajstić information content (AvgIpc) is 3.33. The third-order valence-corrected chi connectivity index (χ3v) is 6.56. The van der Waals surface area contributed by atoms with Gasteiger partial charge in [-0.25, -0.2) is 0 Å². The molecular formula is C23H29N5O4S. The number of rotatable bonds is 9. The van der Waals surface area contributed by atoms with E-state index in [-0.39, 0.29) is 30.3 Å². The summed E-state index contributed by atoms with van der Waals surface area (Å²) < 4.78 is 10.7. The number of amides is 2. The molecule has 1 aromatic heterocycles. The van der Waals surface area contributed by atoms with Crippen LogP contribution in [0.4, 0.5) is 5.82 Å². The second-order valence-electron chi connectivity index (χ2n) is 8.04. The summed E-state index contributed by atoms with van der Waals surface area (Å²) in [5.74, 6) is 2.65. The van der Waals surface area contributed by atoms with Crippen molar-refractivity contribution in [2.24, 2.45) is 5.92 Å². The van der Waals surface area contributed by atoms with Gasteiger partial charge in [-0.2, -0.15) is 0 Å². The van der Waals surface area contributed by atoms with Crippen LogP contribution >= 0.6 is 11.8 Å². The number of fused-ring (bicyclic) bond motifs is 1. The Morgan fingerprint density at radius 1 is 1.09 bits per heavy atom. The second-order valence-corrected chi connectivity index (χ2v) is 9.03. The van der Waals surface area contributed by atoms with Crippen LogP contribution in [-0.4, -0.2) is 54.2 Å². The number of nitrogens with one attached hydrogen (secondary N) is 2. The van der Waals surface area contributed by atoms with Gasteiger partial charge in [0.15, 0.2) is 17.3 Å². The fraction of sp³-hybridized carbons (Fsp3) is 0.478. The van der Waals surface area contributed by atoms with Crippen LogP contribution in [-0.2, 0) is 16.1 Å². The Hall–Kier alpha value is -3.01. The van der Waals surface area contributed by atoms with Crippen molar-refractivity contribution in [2.75, 3.05) is 37.1 Å². The molecule has 0 bridgehead atoms. The lowest BCUT2D eigenvalue weighted by atomic mass is 9.96. The summed E-state index contributed by atoms with van der Waals surface area (Å²) in [4.78, 5) is 26.5. The van der Waals surface area contributed by atoms with Gasteiger partial charge in [0.05, 0.1) is 5.75 Å². The highest BCUT2D eigenvalue weighted by Gasteiger charge is 2.25. The molecule has 10 heteroatoms. The maximum absolute atomic E-state index is 12.2. The fourth-order valence-corrected chi connectivity index (χ4v) is 4.41. The molecule has 1 fully saturated rings. The zero-order valence-electron chi connectivity index (χ0n) is 18.7. The van der Waals surface area contributed by atoms with Gasteiger partial charge in [-0.3, -0.25) is 9.59 Å². The van der Waals surface area contributed by atoms with Crippen LogP contribution in [0, 0.1) is 5.92 Å². The molecule has 176 valence electrons. The van der Waals surface area contributed by atoms with Crippen molar-refractivity contribution in [3.63, 3.8) is 0 Å². The SMILES string of the molecule is CCCNC(=O)C1CCN(c2ccc(SCC(=O)NCc3ccc4c(c3)OCO4)nn2)CC1. The molecule has 0 radical (unpaired) electrons. The third kappa shape index (κ3) is 6.28. The molecule has 33 heavy (non-hydrogen) atoms. The Bertz CT molecular complexity index is 964. The summed E-state index contributed by atoms with van der Waals surface area (Å²) in [5, 5.41) is 15.2. The normalized spacial score (nSPS) is 15.4. The Morgan fingerprint density at radius 3 is 2.67 bits per heavy atom. The van der Waals surface area contributed by atoms with Crippen LogP contribution in [0.5, 0.6) is 11.5 Å². The highest BCUT2D eigenvalue weighted by atomic mass is 32.2. The molecule has 0 spiro atoms. The molecule has 0 unspecified atom stereocenters. The predicted molar refractivity (Wildman–Crippen MR) is 125 cm³/mol. The number of thioether (sulfide) groups is 1. The molecule has 2 aliphatic heterocycles. The lowest BCUT2D eigenvalue weighted by Crippen LogP contribution is -2.41. The number of hydrogen-bond donors (Lipinski definition) is 2. The maximum atomic E-state index is 12.2. The van der Waals surface area contributed by atoms with Crippen LogP contribution in [0.1, 0.15) is 31.7 Å². The number of carbonyl (C=O) groups excluding carboxylic acids is 2. The van der Waals surface area contributed by atoms with Crippen molar-refractivity contribution < 1.29 is 19.1 Å². The first-order chi connectivity index (χ1) is 16.1. The Balaban J connectivity index is 1.18. The second kappa shape index (κ2) is 11.2. The van der Waals surface area contributed by atoms with Crippen LogP contribution in [0.25, 0.3) is 0 Å². The molecule has 1 aromatic carbocycles. The molecule has 4 rings (SSSR count). The molecule has 0 atom stereocenters. The predicted octanol–water partition coefficient (Wildman–Crippen LogP) is 2.36. The quantitative estimate of drug-likeness (QED) is 0.537. The molecular weight excluding hydrogens is 442 g/mol. The van der Waals surface area contributed by atoms with E-state index in [0.29, 0.717) is 17.3 Å². The van der Waals surface area contributed by atoms with Gasteiger partial charge >= 0.3 is 0 Å². The van der Waals surface area contributed by atoms with Gasteiger partial charge in [0.1, 0.15) is 5.03 Å². The van der Waals surface area contributed by atoms with Crippen molar-refractivity contribution in [1.29, 1.82) is 0 Å². The first-order valence-corrected chi connectivity index (χ1v) is 12.3. The summed E-state index contributed by atoms with van der Waals surface area (Å²) in [6, 6.07) is 9.45. The number of piperidine rings is 1. The molecule has 3 heterocycles. The average molecular weight is 472 g/mol. The van der Waals surface area contributed by atoms with E-state index in [9.17, 15) is 9.59 Å². The van der Waals surface area contributed by atoms with Crippen molar-refractivity contribution in [2.45, 2.75) is 37.8 Å². The lowest BCUT2D eigenvalue weighted by molar-refractivity contribution is -0.125. The highest BCUT2D eigenvalue weighted by molar-refractivity contribution is 7.99. The van der Waals surface area contributed by atoms with E-state index in [4.69, 9.17) is 9.47 Å². The first kappa shape index (κ1) is 23.2. The number of aromatic nitrogens is 2. The van der Waals surface area contributed by atoms with Crippen LogP contribution in [0.15, 0.2) is 35.4 Å². The minimum atomic E-state index is -0.0769. The van der Waals surface area contributed by atoms with Crippen molar-refractivity contribution in [1.82, 2.24) is 20.8 Å². The van der Waals surface area contributed by atoms with Crippen LogP contribution in [0.3, 0.4) is 0 Å². The molecule has 2 N–H and O–H groups in total. The van der Waals surface area contributed by atoms with E-state index >= 15 is 0 Å². The topological polar surface area (TPSA) is 106 Å². The molecule has 2 amide bonds. The van der Waals surface area contributed by atoms with E-state index in [1.807, 2.05) is 30.3 Å². The van der Waals surface area contributed by atoms with E-state index in [1.165, 1.54) is 11.8 Å². The van der Waals surface area contributed by atoms with Crippen LogP contribution < -0.4 is 25.0 Å². The van der Waals surface area contributed by atoms with Crippen LogP contribution in [0.2, 0.25) is 0 Å². The summed E-state index contributed by atoms with van der Waals surface area (Å²) >= 11 is 1.35. The smallest absolute Gasteiger partial charge is 0.231 e. The Kier molecular flexibility index (Phi) is 7.87. The summed E-state index contributed by atoms with van der Waals surface area (Å²) in [6.07, 6.45) is 2.58. The zero-order chi connectivity index (χ0) is 23.0. The summed E-state index contributed by atoms with van der Waals surface area (Å²) in [5.41, 5.74) is 0.952. The molecule has 0 saturated carbocycles. The van der Waals surface area contributed by atoms with Crippen molar-refractivity contribution in [3.05, 3.63) is 35.9 Å². The number of benzene rings is 1. The van der Waals surface area contributed by atoms with Crippen molar-refractivity contribution >= 4 is 29.4 Å². The lowest BCUT2D eigenvalue weighted by Gasteiger charge is -2.31. The Labute approximate surface area is 197 Å². The standard InChI is InChI=1S/C23H29N5O4S/c1-2-9-24-23(30)17-7-10-28(11-8-17)20-5-6-22(27-26-20)33-14-21(29)25-13-16-3-4-18-19(12-16)32-15-31-18/h3-6,12,17H,2,7-11,13-15H2,1H3,(H,24,30)(H,25,29). The minimum absolute atomic E-state index is 0.0757. The monoisotopic (exact) mass is 471 g/mol. The van der Waals surface area contributed by atoms with Crippen molar-refractivity contribution in [3.8, 4) is 11.5 Å². The molecule has 9 nitrogen and oxygen atoms in total. The number of ether oxygens (including phenoxy) is 2. The fourth-order valence-electron chi connectivity index (χ4n) is 3.76. The summed E-state index contributed by atoms with van der Waals surface area (Å²) in [7, 11) is 0. The Morgan fingerprint density at radius 2 is 1.91 bits per heavy atom. The number of carbonyl (C=O) groups is 2. The van der Waals surface area contributed by atoms with E-state index in [2.05, 4.69) is 32.7 Å². The van der Waals surface area contributed by atoms with Gasteiger partial charge in [-0.1, -0.05) is 24.8 Å². The maximum Gasteiger partial charge on any atom is 0.231 e. The largest absolute Gasteiger partial charge is 0.454 e. The highest BCUT2D eigenvalue weighted by Crippen LogP contribution is 2.32. The van der Waals surface area contributed by atoms with Gasteiger partial charge in [0, 0.05) is 32.1 Å². The zero-order valence-corrected chi connectivity index (χ0v) is 19.5. The molecule has 2 aromatic rings. The van der Waals surface area contributed by atoms with Gasteiger partial charge < -0.3 is 25.0 Å². The minimum Gasteiger partial charge on any atom is -0.454 e. The van der Waals surface area contributed by atoms with E-state index in [1.54, 1.807) is 0 Å². The van der Waals surface area contributed by atoms with Gasteiger partial charge in [-0.05, 0) is 49.1 Å². The number of anilines is 1. The molecule has 0 aliphatic carbocycles. The summed E-state index contributed by atoms with van der Waals surface area (Å²) in [6.45, 7) is 5.02. The van der Waals surface area contributed by atoms with E-state index < -0.39 is 0 Å². The van der Waals surface area contributed by atoms with Gasteiger partial charge in [0.25, 0.3) is 0 Å². The number of hydrogen-bond acceptors (Lipinski definition) is 8. The van der Waals surface area contributed by atoms with E-state index in [0.717, 1.165) is 56.0 Å². The number of nitrogens with zero attached hydrogens (tertiary/aromatic N) is 3. The first-order valence-electron chi connectivity index (χ1n) is 11.3. The molecule has 2 aliphatic rings. The van der Waals surface area contributed by atoms with Gasteiger partial charge in [-0.15, -0.1) is 10.2 Å². The molecule has 1 saturated heterocycles.